The number of aromatic carboxylic acids is 1. The highest BCUT2D eigenvalue weighted by atomic mass is 32.2. The first kappa shape index (κ1) is 14.5. The molecule has 0 spiro atoms. The van der Waals surface area contributed by atoms with Crippen LogP contribution in [0.25, 0.3) is 0 Å². The average Bonchev–Trinajstić information content (AvgIpc) is 2.34. The van der Waals surface area contributed by atoms with E-state index in [4.69, 9.17) is 5.11 Å². The van der Waals surface area contributed by atoms with Crippen LogP contribution < -0.4 is 0 Å². The Hall–Kier alpha value is -1.56. The number of nitro groups is 1. The number of carboxylic acid groups (broad SMARTS) is 1. The number of unbranched alkanes of at least 4 members (excludes halogenated alkanes) is 2. The lowest BCUT2D eigenvalue weighted by Crippen LogP contribution is -2.01. The molecule has 1 aromatic carbocycles. The van der Waals surface area contributed by atoms with Gasteiger partial charge in [-0.1, -0.05) is 19.8 Å². The van der Waals surface area contributed by atoms with Crippen LogP contribution in [0, 0.1) is 10.1 Å². The maximum Gasteiger partial charge on any atom is 0.337 e. The fourth-order valence-electron chi connectivity index (χ4n) is 1.46. The number of thioether (sulfide) groups is 1. The normalized spacial score (nSPS) is 10.3. The smallest absolute Gasteiger partial charge is 0.337 e. The largest absolute Gasteiger partial charge is 0.478 e. The Bertz CT molecular complexity index is 448. The van der Waals surface area contributed by atoms with Gasteiger partial charge in [-0.25, -0.2) is 4.79 Å². The second-order valence-electron chi connectivity index (χ2n) is 3.80. The van der Waals surface area contributed by atoms with Gasteiger partial charge in [-0.3, -0.25) is 10.1 Å². The summed E-state index contributed by atoms with van der Waals surface area (Å²) in [6.45, 7) is 2.10. The van der Waals surface area contributed by atoms with Crippen molar-refractivity contribution in [2.45, 2.75) is 31.1 Å². The van der Waals surface area contributed by atoms with Crippen LogP contribution in [0.2, 0.25) is 0 Å². The van der Waals surface area contributed by atoms with E-state index in [-0.39, 0.29) is 11.3 Å². The van der Waals surface area contributed by atoms with Crippen LogP contribution in [0.4, 0.5) is 5.69 Å². The van der Waals surface area contributed by atoms with Crippen molar-refractivity contribution in [3.05, 3.63) is 33.9 Å². The number of hydrogen-bond acceptors (Lipinski definition) is 4. The standard InChI is InChI=1S/C12H15NO4S/c1-2-3-4-7-18-11-6-5-9(13(16)17)8-10(11)12(14)15/h5-6,8H,2-4,7H2,1H3,(H,14,15). The average molecular weight is 269 g/mol. The predicted octanol–water partition coefficient (Wildman–Crippen LogP) is 3.58. The summed E-state index contributed by atoms with van der Waals surface area (Å²) >= 11 is 1.43. The van der Waals surface area contributed by atoms with E-state index in [1.807, 2.05) is 0 Å². The van der Waals surface area contributed by atoms with Crippen LogP contribution in [-0.2, 0) is 0 Å². The van der Waals surface area contributed by atoms with Gasteiger partial charge in [0, 0.05) is 17.0 Å². The third-order valence-electron chi connectivity index (χ3n) is 2.41. The first-order valence-corrected chi connectivity index (χ1v) is 6.69. The molecule has 0 radical (unpaired) electrons. The van der Waals surface area contributed by atoms with Crippen LogP contribution in [0.5, 0.6) is 0 Å². The van der Waals surface area contributed by atoms with Crippen molar-refractivity contribution in [3.8, 4) is 0 Å². The maximum absolute atomic E-state index is 11.0. The Morgan fingerprint density at radius 1 is 1.44 bits per heavy atom. The highest BCUT2D eigenvalue weighted by Gasteiger charge is 2.15. The minimum atomic E-state index is -1.13. The summed E-state index contributed by atoms with van der Waals surface area (Å²) in [5.41, 5.74) is -0.184. The zero-order chi connectivity index (χ0) is 13.5. The van der Waals surface area contributed by atoms with Crippen LogP contribution in [0.1, 0.15) is 36.5 Å². The first-order valence-electron chi connectivity index (χ1n) is 5.70. The van der Waals surface area contributed by atoms with Crippen LogP contribution in [-0.4, -0.2) is 21.8 Å². The summed E-state index contributed by atoms with van der Waals surface area (Å²) in [6, 6.07) is 3.97. The molecule has 18 heavy (non-hydrogen) atoms. The molecule has 6 heteroatoms. The van der Waals surface area contributed by atoms with E-state index in [1.165, 1.54) is 23.9 Å². The molecule has 0 atom stereocenters. The Labute approximate surface area is 109 Å². The van der Waals surface area contributed by atoms with Crippen molar-refractivity contribution in [1.29, 1.82) is 0 Å². The molecular weight excluding hydrogens is 254 g/mol. The summed E-state index contributed by atoms with van der Waals surface area (Å²) < 4.78 is 0. The number of non-ortho nitro benzene ring substituents is 1. The minimum absolute atomic E-state index is 0.00528. The van der Waals surface area contributed by atoms with Crippen molar-refractivity contribution in [1.82, 2.24) is 0 Å². The van der Waals surface area contributed by atoms with Gasteiger partial charge in [0.25, 0.3) is 5.69 Å². The third kappa shape index (κ3) is 4.03. The second kappa shape index (κ2) is 7.00. The van der Waals surface area contributed by atoms with Gasteiger partial charge in [0.05, 0.1) is 10.5 Å². The van der Waals surface area contributed by atoms with E-state index in [0.717, 1.165) is 31.1 Å². The van der Waals surface area contributed by atoms with Gasteiger partial charge >= 0.3 is 5.97 Å². The molecule has 0 amide bonds. The van der Waals surface area contributed by atoms with E-state index in [9.17, 15) is 14.9 Å². The van der Waals surface area contributed by atoms with Crippen LogP contribution in [0.15, 0.2) is 23.1 Å². The van der Waals surface area contributed by atoms with Crippen molar-refractivity contribution in [3.63, 3.8) is 0 Å². The fraction of sp³-hybridized carbons (Fsp3) is 0.417. The molecule has 5 nitrogen and oxygen atoms in total. The Balaban J connectivity index is 2.83. The van der Waals surface area contributed by atoms with E-state index >= 15 is 0 Å². The molecule has 1 N–H and O–H groups in total. The molecule has 1 rings (SSSR count). The Morgan fingerprint density at radius 3 is 2.72 bits per heavy atom. The third-order valence-corrected chi connectivity index (χ3v) is 3.57. The molecule has 0 saturated heterocycles. The lowest BCUT2D eigenvalue weighted by atomic mass is 10.2. The Kier molecular flexibility index (Phi) is 5.64. The molecule has 0 saturated carbocycles. The molecule has 98 valence electrons. The van der Waals surface area contributed by atoms with Crippen molar-refractivity contribution in [2.24, 2.45) is 0 Å². The fourth-order valence-corrected chi connectivity index (χ4v) is 2.49. The number of carboxylic acids is 1. The van der Waals surface area contributed by atoms with Crippen molar-refractivity contribution >= 4 is 23.4 Å². The van der Waals surface area contributed by atoms with E-state index in [1.54, 1.807) is 0 Å². The monoisotopic (exact) mass is 269 g/mol. The topological polar surface area (TPSA) is 80.4 Å². The van der Waals surface area contributed by atoms with E-state index < -0.39 is 10.9 Å². The number of hydrogen-bond donors (Lipinski definition) is 1. The second-order valence-corrected chi connectivity index (χ2v) is 4.94. The highest BCUT2D eigenvalue weighted by molar-refractivity contribution is 7.99. The van der Waals surface area contributed by atoms with E-state index in [2.05, 4.69) is 6.92 Å². The Morgan fingerprint density at radius 2 is 2.17 bits per heavy atom. The summed E-state index contributed by atoms with van der Waals surface area (Å²) in [5.74, 6) is -0.303. The molecule has 0 heterocycles. The number of nitro benzene ring substituents is 1. The maximum atomic E-state index is 11.0. The summed E-state index contributed by atoms with van der Waals surface area (Å²) in [5, 5.41) is 19.6. The number of benzene rings is 1. The number of rotatable bonds is 7. The molecule has 0 unspecified atom stereocenters. The first-order chi connectivity index (χ1) is 8.56. The molecule has 1 aromatic rings. The van der Waals surface area contributed by atoms with Gasteiger partial charge in [-0.05, 0) is 18.2 Å². The highest BCUT2D eigenvalue weighted by Crippen LogP contribution is 2.27. The number of nitrogens with zero attached hydrogens (tertiary/aromatic N) is 1. The molecule has 0 aliphatic heterocycles. The zero-order valence-electron chi connectivity index (χ0n) is 10.1. The lowest BCUT2D eigenvalue weighted by Gasteiger charge is -2.05. The molecule has 0 aliphatic carbocycles. The summed E-state index contributed by atoms with van der Waals surface area (Å²) in [4.78, 5) is 21.6. The minimum Gasteiger partial charge on any atom is -0.478 e. The SMILES string of the molecule is CCCCCSc1ccc([N+](=O)[O-])cc1C(=O)O. The van der Waals surface area contributed by atoms with Crippen LogP contribution in [0.3, 0.4) is 0 Å². The van der Waals surface area contributed by atoms with Crippen molar-refractivity contribution < 1.29 is 14.8 Å². The van der Waals surface area contributed by atoms with Gasteiger partial charge in [0.15, 0.2) is 0 Å². The lowest BCUT2D eigenvalue weighted by molar-refractivity contribution is -0.384. The molecule has 0 fully saturated rings. The van der Waals surface area contributed by atoms with Crippen molar-refractivity contribution in [2.75, 3.05) is 5.75 Å². The summed E-state index contributed by atoms with van der Waals surface area (Å²) in [6.07, 6.45) is 3.21. The zero-order valence-corrected chi connectivity index (χ0v) is 10.9. The quantitative estimate of drug-likeness (QED) is 0.354. The van der Waals surface area contributed by atoms with Gasteiger partial charge in [0.2, 0.25) is 0 Å². The molecule has 0 bridgehead atoms. The van der Waals surface area contributed by atoms with Gasteiger partial charge in [0.1, 0.15) is 0 Å². The molecular formula is C12H15NO4S. The van der Waals surface area contributed by atoms with E-state index in [0.29, 0.717) is 4.90 Å². The van der Waals surface area contributed by atoms with Gasteiger partial charge in [-0.2, -0.15) is 0 Å². The predicted molar refractivity (Wildman–Crippen MR) is 70.3 cm³/mol. The summed E-state index contributed by atoms with van der Waals surface area (Å²) in [7, 11) is 0. The molecule has 0 aromatic heterocycles. The van der Waals surface area contributed by atoms with Gasteiger partial charge < -0.3 is 5.11 Å². The van der Waals surface area contributed by atoms with Gasteiger partial charge in [-0.15, -0.1) is 11.8 Å². The number of carbonyl (C=O) groups is 1. The molecule has 0 aliphatic rings. The van der Waals surface area contributed by atoms with Crippen LogP contribution >= 0.6 is 11.8 Å².